The van der Waals surface area contributed by atoms with Crippen LogP contribution in [0.4, 0.5) is 0 Å². The van der Waals surface area contributed by atoms with Crippen LogP contribution < -0.4 is 5.32 Å². The second kappa shape index (κ2) is 6.18. The molecule has 1 fully saturated rings. The zero-order chi connectivity index (χ0) is 16.4. The van der Waals surface area contributed by atoms with Crippen molar-refractivity contribution in [2.75, 3.05) is 6.61 Å². The van der Waals surface area contributed by atoms with Crippen LogP contribution in [0.1, 0.15) is 54.4 Å². The van der Waals surface area contributed by atoms with E-state index in [4.69, 9.17) is 10.1 Å². The summed E-state index contributed by atoms with van der Waals surface area (Å²) in [4.78, 5) is 12.0. The Morgan fingerprint density at radius 1 is 1.29 bits per heavy atom. The summed E-state index contributed by atoms with van der Waals surface area (Å²) in [5, 5.41) is 21.7. The van der Waals surface area contributed by atoms with Crippen LogP contribution in [0.2, 0.25) is 0 Å². The molecular formula is C16H28N2O3. The Balaban J connectivity index is 3.05. The van der Waals surface area contributed by atoms with Crippen molar-refractivity contribution in [2.24, 2.45) is 5.92 Å². The lowest BCUT2D eigenvalue weighted by molar-refractivity contribution is -0.138. The highest BCUT2D eigenvalue weighted by molar-refractivity contribution is 6.19. The fourth-order valence-electron chi connectivity index (χ4n) is 3.39. The molecule has 5 nitrogen and oxygen atoms in total. The summed E-state index contributed by atoms with van der Waals surface area (Å²) in [6, 6.07) is 0. The van der Waals surface area contributed by atoms with E-state index in [-0.39, 0.29) is 40.6 Å². The summed E-state index contributed by atoms with van der Waals surface area (Å²) >= 11 is 0. The molecule has 1 aliphatic heterocycles. The summed E-state index contributed by atoms with van der Waals surface area (Å²) in [6.45, 7) is 11.7. The lowest BCUT2D eigenvalue weighted by Crippen LogP contribution is -2.59. The van der Waals surface area contributed by atoms with E-state index < -0.39 is 5.97 Å². The molecule has 0 unspecified atom stereocenters. The van der Waals surface area contributed by atoms with Gasteiger partial charge < -0.3 is 20.6 Å². The molecular weight excluding hydrogens is 268 g/mol. The SMILES string of the molecule is CCOC(=O)C(C(=N)C1CC(C)(C)NC(C)(C)C1)=C(C)O. The van der Waals surface area contributed by atoms with Gasteiger partial charge in [0.1, 0.15) is 11.3 Å². The molecule has 0 aromatic rings. The maximum absolute atomic E-state index is 12.0. The summed E-state index contributed by atoms with van der Waals surface area (Å²) in [7, 11) is 0. The number of aliphatic hydroxyl groups excluding tert-OH is 1. The Kier molecular flexibility index (Phi) is 5.20. The minimum Gasteiger partial charge on any atom is -0.512 e. The van der Waals surface area contributed by atoms with Gasteiger partial charge in [0, 0.05) is 17.0 Å². The molecule has 5 heteroatoms. The molecule has 0 spiro atoms. The summed E-state index contributed by atoms with van der Waals surface area (Å²) in [6.07, 6.45) is 1.48. The monoisotopic (exact) mass is 296 g/mol. The number of hydrogen-bond donors (Lipinski definition) is 3. The first-order chi connectivity index (χ1) is 9.49. The van der Waals surface area contributed by atoms with Crippen LogP contribution in [-0.4, -0.2) is 34.5 Å². The molecule has 1 rings (SSSR count). The van der Waals surface area contributed by atoms with Gasteiger partial charge in [-0.3, -0.25) is 0 Å². The van der Waals surface area contributed by atoms with Crippen LogP contribution >= 0.6 is 0 Å². The van der Waals surface area contributed by atoms with Gasteiger partial charge in [0.2, 0.25) is 0 Å². The maximum Gasteiger partial charge on any atom is 0.343 e. The number of aliphatic hydroxyl groups is 1. The van der Waals surface area contributed by atoms with Gasteiger partial charge in [0.25, 0.3) is 0 Å². The van der Waals surface area contributed by atoms with Crippen molar-refractivity contribution in [1.29, 1.82) is 5.41 Å². The van der Waals surface area contributed by atoms with E-state index in [2.05, 4.69) is 33.0 Å². The quantitative estimate of drug-likeness (QED) is 0.322. The third-order valence-electron chi connectivity index (χ3n) is 3.71. The highest BCUT2D eigenvalue weighted by Crippen LogP contribution is 2.35. The molecule has 0 amide bonds. The molecule has 1 heterocycles. The van der Waals surface area contributed by atoms with Crippen molar-refractivity contribution in [3.63, 3.8) is 0 Å². The number of rotatable bonds is 4. The van der Waals surface area contributed by atoms with Crippen LogP contribution in [0.15, 0.2) is 11.3 Å². The Bertz CT molecular complexity index is 444. The third kappa shape index (κ3) is 4.56. The number of ether oxygens (including phenoxy) is 1. The topological polar surface area (TPSA) is 82.4 Å². The standard InChI is InChI=1S/C16H28N2O3/c1-7-21-14(20)12(10(2)19)13(17)11-8-15(3,4)18-16(5,6)9-11/h11,17-19H,7-9H2,1-6H3. The van der Waals surface area contributed by atoms with E-state index in [1.165, 1.54) is 6.92 Å². The molecule has 1 saturated heterocycles. The fourth-order valence-corrected chi connectivity index (χ4v) is 3.39. The van der Waals surface area contributed by atoms with E-state index in [1.54, 1.807) is 6.92 Å². The lowest BCUT2D eigenvalue weighted by Gasteiger charge is -2.46. The van der Waals surface area contributed by atoms with Crippen LogP contribution in [-0.2, 0) is 9.53 Å². The van der Waals surface area contributed by atoms with Crippen molar-refractivity contribution < 1.29 is 14.6 Å². The summed E-state index contributed by atoms with van der Waals surface area (Å²) < 4.78 is 4.97. The normalized spacial score (nSPS) is 22.4. The first kappa shape index (κ1) is 17.7. The van der Waals surface area contributed by atoms with E-state index in [0.717, 1.165) is 12.8 Å². The first-order valence-corrected chi connectivity index (χ1v) is 7.44. The van der Waals surface area contributed by atoms with Crippen molar-refractivity contribution >= 4 is 11.7 Å². The average Bonchev–Trinajstić information content (AvgIpc) is 2.24. The number of hydrogen-bond acceptors (Lipinski definition) is 5. The molecule has 3 N–H and O–H groups in total. The number of esters is 1. The number of allylic oxidation sites excluding steroid dienone is 1. The Labute approximate surface area is 127 Å². The molecule has 0 radical (unpaired) electrons. The van der Waals surface area contributed by atoms with Gasteiger partial charge in [-0.15, -0.1) is 0 Å². The molecule has 120 valence electrons. The van der Waals surface area contributed by atoms with E-state index in [0.29, 0.717) is 0 Å². The number of carbonyl (C=O) groups is 1. The zero-order valence-corrected chi connectivity index (χ0v) is 14.0. The second-order valence-corrected chi connectivity index (χ2v) is 7.09. The minimum atomic E-state index is -0.614. The number of nitrogens with one attached hydrogen (secondary N) is 2. The highest BCUT2D eigenvalue weighted by Gasteiger charge is 2.41. The zero-order valence-electron chi connectivity index (χ0n) is 14.0. The average molecular weight is 296 g/mol. The fraction of sp³-hybridized carbons (Fsp3) is 0.750. The molecule has 0 aromatic heterocycles. The minimum absolute atomic E-state index is 0.00958. The smallest absolute Gasteiger partial charge is 0.343 e. The molecule has 0 aliphatic carbocycles. The largest absolute Gasteiger partial charge is 0.512 e. The molecule has 0 atom stereocenters. The predicted octanol–water partition coefficient (Wildman–Crippen LogP) is 2.96. The third-order valence-corrected chi connectivity index (χ3v) is 3.71. The van der Waals surface area contributed by atoms with Gasteiger partial charge in [0.05, 0.1) is 12.3 Å². The van der Waals surface area contributed by atoms with Crippen LogP contribution in [0.3, 0.4) is 0 Å². The van der Waals surface area contributed by atoms with Gasteiger partial charge in [-0.2, -0.15) is 0 Å². The second-order valence-electron chi connectivity index (χ2n) is 7.09. The van der Waals surface area contributed by atoms with Crippen LogP contribution in [0.5, 0.6) is 0 Å². The van der Waals surface area contributed by atoms with Gasteiger partial charge >= 0.3 is 5.97 Å². The first-order valence-electron chi connectivity index (χ1n) is 7.44. The van der Waals surface area contributed by atoms with Gasteiger partial charge in [-0.25, -0.2) is 4.79 Å². The van der Waals surface area contributed by atoms with Crippen molar-refractivity contribution in [2.45, 2.75) is 65.5 Å². The molecule has 0 saturated carbocycles. The molecule has 21 heavy (non-hydrogen) atoms. The molecule has 0 bridgehead atoms. The lowest BCUT2D eigenvalue weighted by atomic mass is 9.72. The van der Waals surface area contributed by atoms with Gasteiger partial charge in [0.15, 0.2) is 0 Å². The highest BCUT2D eigenvalue weighted by atomic mass is 16.5. The maximum atomic E-state index is 12.0. The van der Waals surface area contributed by atoms with E-state index in [9.17, 15) is 9.90 Å². The van der Waals surface area contributed by atoms with Crippen molar-refractivity contribution in [3.8, 4) is 0 Å². The van der Waals surface area contributed by atoms with Crippen molar-refractivity contribution in [3.05, 3.63) is 11.3 Å². The van der Waals surface area contributed by atoms with Gasteiger partial charge in [-0.1, -0.05) is 0 Å². The van der Waals surface area contributed by atoms with E-state index in [1.807, 2.05) is 0 Å². The Hall–Kier alpha value is -1.36. The summed E-state index contributed by atoms with van der Waals surface area (Å²) in [5.74, 6) is -0.845. The number of piperidine rings is 1. The van der Waals surface area contributed by atoms with Crippen molar-refractivity contribution in [1.82, 2.24) is 5.32 Å². The summed E-state index contributed by atoms with van der Waals surface area (Å²) in [5.41, 5.74) is -0.0598. The molecule has 1 aliphatic rings. The predicted molar refractivity (Wildman–Crippen MR) is 83.7 cm³/mol. The molecule has 0 aromatic carbocycles. The van der Waals surface area contributed by atoms with Crippen LogP contribution in [0.25, 0.3) is 0 Å². The Morgan fingerprint density at radius 2 is 1.76 bits per heavy atom. The van der Waals surface area contributed by atoms with Gasteiger partial charge in [-0.05, 0) is 54.4 Å². The van der Waals surface area contributed by atoms with Crippen LogP contribution in [0, 0.1) is 11.3 Å². The Morgan fingerprint density at radius 3 is 2.14 bits per heavy atom. The number of carbonyl (C=O) groups excluding carboxylic acids is 1. The van der Waals surface area contributed by atoms with E-state index >= 15 is 0 Å².